The normalized spacial score (nSPS) is 9.31. The summed E-state index contributed by atoms with van der Waals surface area (Å²) in [4.78, 5) is 24.6. The van der Waals surface area contributed by atoms with Gasteiger partial charge in [-0.2, -0.15) is 13.1 Å². The molecule has 0 aliphatic carbocycles. The van der Waals surface area contributed by atoms with Crippen molar-refractivity contribution >= 4 is 11.9 Å². The minimum atomic E-state index is -0.982. The molecule has 1 aromatic heterocycles. The molecule has 0 saturated carbocycles. The monoisotopic (exact) mass is 490 g/mol. The molecule has 1 rings (SSSR count). The number of pyridine rings is 1. The molecule has 0 radical (unpaired) electrons. The minimum absolute atomic E-state index is 0.187. The Bertz CT molecular complexity index is 507. The summed E-state index contributed by atoms with van der Waals surface area (Å²) in [6, 6.07) is 4.71. The number of aromatic nitrogens is 1. The average Bonchev–Trinajstić information content (AvgIpc) is 2.76. The molecule has 0 amide bonds. The Kier molecular flexibility index (Phi) is 32.1. The Morgan fingerprint density at radius 3 is 1.38 bits per heavy atom. The molecule has 183 valence electrons. The van der Waals surface area contributed by atoms with Crippen LogP contribution in [-0.2, 0) is 43.5 Å². The molecule has 32 heavy (non-hydrogen) atoms. The van der Waals surface area contributed by atoms with Crippen LogP contribution in [0, 0.1) is 0 Å². The van der Waals surface area contributed by atoms with Crippen LogP contribution in [0.1, 0.15) is 89.4 Å². The maximum absolute atomic E-state index is 10.3. The first-order valence-corrected chi connectivity index (χ1v) is 11.8. The third-order valence-corrected chi connectivity index (χ3v) is 4.09. The van der Waals surface area contributed by atoms with Crippen molar-refractivity contribution in [1.29, 1.82) is 0 Å². The van der Waals surface area contributed by atoms with Crippen LogP contribution in [0.4, 0.5) is 0 Å². The molecule has 0 aliphatic heterocycles. The predicted molar refractivity (Wildman–Crippen MR) is 123 cm³/mol. The van der Waals surface area contributed by atoms with E-state index in [4.69, 9.17) is 25.4 Å². The zero-order valence-corrected chi connectivity index (χ0v) is 21.0. The van der Waals surface area contributed by atoms with Crippen LogP contribution in [0.3, 0.4) is 0 Å². The number of nitrogens with zero attached hydrogens (tertiary/aromatic N) is 1. The topological polar surface area (TPSA) is 152 Å². The van der Waals surface area contributed by atoms with Crippen LogP contribution in [0.2, 0.25) is 0 Å². The van der Waals surface area contributed by atoms with Crippen molar-refractivity contribution < 1.29 is 40.8 Å². The number of unbranched alkanes of at least 4 members (excludes halogenated alkanes) is 8. The van der Waals surface area contributed by atoms with Crippen LogP contribution in [-0.4, -0.2) is 40.2 Å². The number of carboxylic acid groups (broad SMARTS) is 2. The van der Waals surface area contributed by atoms with Gasteiger partial charge in [0, 0.05) is 0 Å². The molecule has 0 unspecified atom stereocenters. The van der Waals surface area contributed by atoms with Gasteiger partial charge in [0.2, 0.25) is 0 Å². The van der Waals surface area contributed by atoms with Gasteiger partial charge < -0.3 is 21.7 Å². The van der Waals surface area contributed by atoms with Gasteiger partial charge in [0.1, 0.15) is 0 Å². The number of hydrogen-bond donors (Lipinski definition) is 2. The van der Waals surface area contributed by atoms with Crippen molar-refractivity contribution in [2.75, 3.05) is 13.1 Å². The Labute approximate surface area is 202 Å². The third kappa shape index (κ3) is 30.6. The van der Waals surface area contributed by atoms with E-state index in [0.717, 1.165) is 30.2 Å². The van der Waals surface area contributed by atoms with E-state index in [0.29, 0.717) is 24.5 Å². The molecular formula is C23H41N3O5V. The Balaban J connectivity index is -0.000000404. The molecule has 4 N–H and O–H groups in total. The van der Waals surface area contributed by atoms with Gasteiger partial charge in [0.25, 0.3) is 0 Å². The van der Waals surface area contributed by atoms with Gasteiger partial charge in [-0.05, 0) is 12.1 Å². The summed E-state index contributed by atoms with van der Waals surface area (Å²) in [5.41, 5.74) is 14.4. The van der Waals surface area contributed by atoms with Crippen LogP contribution in [0.15, 0.2) is 18.2 Å². The van der Waals surface area contributed by atoms with Crippen molar-refractivity contribution in [3.8, 4) is 0 Å². The maximum atomic E-state index is 10.3. The number of carboxylic acids is 2. The standard InChI is InChI=1S/C9H9NO4.2C7H16N.O.V/c11-8(12)4-6-2-1-3-7(10-6)5-9(13)14;2*1-2-3-4-5-6-7-8;;/h1-3H,4-5H2,(H,11,12)(H,13,14);2*8H,2-7H2,1H3;;/q;2*-1;;+2. The summed E-state index contributed by atoms with van der Waals surface area (Å²) in [5.74, 6) is -1.96. The van der Waals surface area contributed by atoms with Crippen molar-refractivity contribution in [3.05, 3.63) is 41.1 Å². The molecule has 0 aromatic carbocycles. The second-order valence-electron chi connectivity index (χ2n) is 7.09. The summed E-state index contributed by atoms with van der Waals surface area (Å²) in [7, 11) is 0. The van der Waals surface area contributed by atoms with Crippen molar-refractivity contribution in [1.82, 2.24) is 4.98 Å². The molecule has 1 heterocycles. The van der Waals surface area contributed by atoms with E-state index < -0.39 is 11.9 Å². The third-order valence-electron chi connectivity index (χ3n) is 4.09. The van der Waals surface area contributed by atoms with Crippen LogP contribution in [0.25, 0.3) is 11.5 Å². The van der Waals surface area contributed by atoms with E-state index in [1.807, 2.05) is 0 Å². The van der Waals surface area contributed by atoms with E-state index >= 15 is 0 Å². The fraction of sp³-hybridized carbons (Fsp3) is 0.696. The quantitative estimate of drug-likeness (QED) is 0.295. The van der Waals surface area contributed by atoms with E-state index in [1.165, 1.54) is 51.4 Å². The fourth-order valence-corrected chi connectivity index (χ4v) is 2.49. The predicted octanol–water partition coefficient (Wildman–Crippen LogP) is 6.23. The molecule has 0 saturated heterocycles. The van der Waals surface area contributed by atoms with Crippen molar-refractivity contribution in [2.45, 2.75) is 90.9 Å². The van der Waals surface area contributed by atoms with Gasteiger partial charge >= 0.3 is 33.0 Å². The van der Waals surface area contributed by atoms with Gasteiger partial charge in [-0.15, -0.1) is 0 Å². The van der Waals surface area contributed by atoms with Gasteiger partial charge in [-0.1, -0.05) is 84.1 Å². The number of rotatable bonds is 14. The van der Waals surface area contributed by atoms with Gasteiger partial charge in [0.15, 0.2) is 0 Å². The van der Waals surface area contributed by atoms with E-state index in [-0.39, 0.29) is 12.8 Å². The summed E-state index contributed by atoms with van der Waals surface area (Å²) < 4.78 is 8.19. The number of aliphatic carboxylic acids is 2. The Morgan fingerprint density at radius 1 is 0.750 bits per heavy atom. The number of carbonyl (C=O) groups is 2. The summed E-state index contributed by atoms with van der Waals surface area (Å²) in [6.07, 6.45) is 12.3. The van der Waals surface area contributed by atoms with E-state index in [2.05, 4.69) is 18.8 Å². The number of hydrogen-bond acceptors (Lipinski definition) is 4. The molecule has 0 fully saturated rings. The first-order chi connectivity index (χ1) is 15.4. The molecule has 8 nitrogen and oxygen atoms in total. The second-order valence-corrected chi connectivity index (χ2v) is 7.09. The molecular weight excluding hydrogens is 449 g/mol. The van der Waals surface area contributed by atoms with Crippen LogP contribution in [0.5, 0.6) is 0 Å². The molecule has 0 atom stereocenters. The SMILES string of the molecule is CCCCCCC[NH-].CCCCCCC[NH-].O=C(O)Cc1cccc(CC(=O)O)n1.[O]=[V+2]. The van der Waals surface area contributed by atoms with E-state index in [9.17, 15) is 9.59 Å². The Morgan fingerprint density at radius 2 is 1.09 bits per heavy atom. The fourth-order valence-electron chi connectivity index (χ4n) is 2.49. The summed E-state index contributed by atoms with van der Waals surface area (Å²) in [6.45, 7) is 5.65. The van der Waals surface area contributed by atoms with Gasteiger partial charge in [-0.25, -0.2) is 0 Å². The first kappa shape index (κ1) is 35.0. The molecule has 0 spiro atoms. The van der Waals surface area contributed by atoms with Gasteiger partial charge in [-0.3, -0.25) is 14.6 Å². The van der Waals surface area contributed by atoms with Crippen LogP contribution >= 0.6 is 0 Å². The zero-order valence-electron chi connectivity index (χ0n) is 19.6. The molecule has 0 bridgehead atoms. The molecule has 9 heteroatoms. The summed E-state index contributed by atoms with van der Waals surface area (Å²) in [5, 5.41) is 17.0. The van der Waals surface area contributed by atoms with Crippen molar-refractivity contribution in [3.63, 3.8) is 0 Å². The van der Waals surface area contributed by atoms with Crippen molar-refractivity contribution in [2.24, 2.45) is 0 Å². The van der Waals surface area contributed by atoms with Gasteiger partial charge in [0.05, 0.1) is 24.2 Å². The zero-order chi connectivity index (χ0) is 25.0. The Hall–Kier alpha value is -1.61. The van der Waals surface area contributed by atoms with Crippen LogP contribution < -0.4 is 0 Å². The number of nitrogens with one attached hydrogen (secondary N) is 2. The molecule has 0 aliphatic rings. The second kappa shape index (κ2) is 29.4. The molecule has 1 aromatic rings. The van der Waals surface area contributed by atoms with E-state index in [1.54, 1.807) is 18.2 Å². The first-order valence-electron chi connectivity index (χ1n) is 11.3. The average molecular weight is 491 g/mol. The summed E-state index contributed by atoms with van der Waals surface area (Å²) >= 11 is 1.06.